The summed E-state index contributed by atoms with van der Waals surface area (Å²) < 4.78 is 0. The van der Waals surface area contributed by atoms with Gasteiger partial charge in [-0.15, -0.1) is 0 Å². The maximum Gasteiger partial charge on any atom is 0.0661 e. The molecule has 0 aliphatic carbocycles. The Kier molecular flexibility index (Phi) is 7.84. The summed E-state index contributed by atoms with van der Waals surface area (Å²) in [6.07, 6.45) is 4.25. The molecule has 0 N–H and O–H groups in total. The Labute approximate surface area is 165 Å². The minimum atomic E-state index is 0.778. The highest BCUT2D eigenvalue weighted by atomic mass is 15.2. The molecule has 2 heteroatoms. The Balaban J connectivity index is 0.000000244. The average molecular weight is 363 g/mol. The van der Waals surface area contributed by atoms with Gasteiger partial charge in [0.1, 0.15) is 0 Å². The molecule has 1 fully saturated rings. The highest BCUT2D eigenvalue weighted by molar-refractivity contribution is 5.69. The maximum atomic E-state index is 4.41. The molecule has 144 valence electrons. The zero-order chi connectivity index (χ0) is 19.8. The number of likely N-dealkylation sites (tertiary alicyclic amines) is 1. The van der Waals surface area contributed by atoms with E-state index < -0.39 is 0 Å². The van der Waals surface area contributed by atoms with E-state index in [0.29, 0.717) is 0 Å². The van der Waals surface area contributed by atoms with E-state index in [2.05, 4.69) is 86.6 Å². The van der Waals surface area contributed by atoms with E-state index in [1.165, 1.54) is 28.7 Å². The number of aliphatic imine (C=N–C) groups is 1. The van der Waals surface area contributed by atoms with Crippen molar-refractivity contribution in [3.05, 3.63) is 71.3 Å². The second-order valence-electron chi connectivity index (χ2n) is 7.52. The van der Waals surface area contributed by atoms with Gasteiger partial charge in [-0.3, -0.25) is 4.99 Å². The Morgan fingerprint density at radius 3 is 2.56 bits per heavy atom. The van der Waals surface area contributed by atoms with E-state index in [1.807, 2.05) is 13.1 Å². The number of benzene rings is 2. The van der Waals surface area contributed by atoms with Gasteiger partial charge in [0.25, 0.3) is 0 Å². The number of rotatable bonds is 4. The topological polar surface area (TPSA) is 15.6 Å². The molecule has 2 nitrogen and oxygen atoms in total. The van der Waals surface area contributed by atoms with E-state index in [1.54, 1.807) is 0 Å². The van der Waals surface area contributed by atoms with Gasteiger partial charge in [-0.05, 0) is 62.3 Å². The molecule has 0 radical (unpaired) electrons. The minimum absolute atomic E-state index is 0.778. The van der Waals surface area contributed by atoms with Gasteiger partial charge < -0.3 is 4.90 Å². The molecule has 0 bridgehead atoms. The maximum absolute atomic E-state index is 4.41. The van der Waals surface area contributed by atoms with Gasteiger partial charge in [0.2, 0.25) is 0 Å². The SMILES string of the molecule is C=C(c1ccc(C)c(N=CC)c1)N1CCC(C)C1.CCc1cccc(C)c1. The number of hydrogen-bond acceptors (Lipinski definition) is 2. The minimum Gasteiger partial charge on any atom is -0.371 e. The van der Waals surface area contributed by atoms with Crippen LogP contribution in [-0.4, -0.2) is 24.2 Å². The number of aryl methyl sites for hydroxylation is 3. The summed E-state index contributed by atoms with van der Waals surface area (Å²) in [5.74, 6) is 0.778. The molecule has 3 rings (SSSR count). The fourth-order valence-corrected chi connectivity index (χ4v) is 3.36. The Bertz CT molecular complexity index is 789. The molecule has 0 aromatic heterocycles. The fourth-order valence-electron chi connectivity index (χ4n) is 3.36. The van der Waals surface area contributed by atoms with Gasteiger partial charge in [0.15, 0.2) is 0 Å². The van der Waals surface area contributed by atoms with Crippen LogP contribution in [0.3, 0.4) is 0 Å². The Morgan fingerprint density at radius 1 is 1.22 bits per heavy atom. The highest BCUT2D eigenvalue weighted by Gasteiger charge is 2.20. The normalized spacial score (nSPS) is 16.3. The van der Waals surface area contributed by atoms with Crippen molar-refractivity contribution in [1.82, 2.24) is 4.90 Å². The van der Waals surface area contributed by atoms with E-state index in [9.17, 15) is 0 Å². The lowest BCUT2D eigenvalue weighted by molar-refractivity contribution is 0.472. The summed E-state index contributed by atoms with van der Waals surface area (Å²) >= 11 is 0. The summed E-state index contributed by atoms with van der Waals surface area (Å²) in [4.78, 5) is 6.79. The van der Waals surface area contributed by atoms with Crippen LogP contribution >= 0.6 is 0 Å². The smallest absolute Gasteiger partial charge is 0.0661 e. The first-order valence-electron chi connectivity index (χ1n) is 10.0. The summed E-state index contributed by atoms with van der Waals surface area (Å²) in [7, 11) is 0. The van der Waals surface area contributed by atoms with Gasteiger partial charge in [0.05, 0.1) is 5.69 Å². The summed E-state index contributed by atoms with van der Waals surface area (Å²) in [5.41, 5.74) is 7.36. The zero-order valence-electron chi connectivity index (χ0n) is 17.6. The van der Waals surface area contributed by atoms with Crippen molar-refractivity contribution in [2.45, 2.75) is 47.5 Å². The summed E-state index contributed by atoms with van der Waals surface area (Å²) in [6, 6.07) is 15.0. The molecule has 0 spiro atoms. The number of nitrogens with zero attached hydrogens (tertiary/aromatic N) is 2. The van der Waals surface area contributed by atoms with Gasteiger partial charge in [-0.2, -0.15) is 0 Å². The van der Waals surface area contributed by atoms with Crippen LogP contribution in [-0.2, 0) is 6.42 Å². The largest absolute Gasteiger partial charge is 0.371 e. The summed E-state index contributed by atoms with van der Waals surface area (Å²) in [5, 5.41) is 0. The fraction of sp³-hybridized carbons (Fsp3) is 0.400. The van der Waals surface area contributed by atoms with Crippen LogP contribution in [0.1, 0.15) is 49.4 Å². The van der Waals surface area contributed by atoms with Gasteiger partial charge >= 0.3 is 0 Å². The van der Waals surface area contributed by atoms with E-state index in [4.69, 9.17) is 0 Å². The standard InChI is InChI=1S/C16H22N2.C9H12/c1-5-17-16-10-15(7-6-13(16)3)14(4)18-9-8-12(2)11-18;1-3-9-6-4-5-8(2)7-9/h5-7,10,12H,4,8-9,11H2,1-3H3;4-7H,3H2,1-2H3. The first kappa shape index (κ1) is 21.0. The third-order valence-corrected chi connectivity index (χ3v) is 5.11. The quantitative estimate of drug-likeness (QED) is 0.560. The molecule has 2 aromatic carbocycles. The monoisotopic (exact) mass is 362 g/mol. The Hall–Kier alpha value is -2.35. The second-order valence-corrected chi connectivity index (χ2v) is 7.52. The molecule has 0 amide bonds. The van der Waals surface area contributed by atoms with Crippen molar-refractivity contribution >= 4 is 17.6 Å². The van der Waals surface area contributed by atoms with Crippen LogP contribution in [0.5, 0.6) is 0 Å². The molecule has 1 aliphatic heterocycles. The molecule has 1 saturated heterocycles. The van der Waals surface area contributed by atoms with Crippen LogP contribution in [0.2, 0.25) is 0 Å². The lowest BCUT2D eigenvalue weighted by Gasteiger charge is -2.21. The molecule has 1 unspecified atom stereocenters. The second kappa shape index (κ2) is 10.1. The van der Waals surface area contributed by atoms with Crippen LogP contribution in [0.4, 0.5) is 5.69 Å². The zero-order valence-corrected chi connectivity index (χ0v) is 17.6. The molecular weight excluding hydrogens is 328 g/mol. The Morgan fingerprint density at radius 2 is 2.00 bits per heavy atom. The molecule has 1 aliphatic rings. The van der Waals surface area contributed by atoms with Crippen molar-refractivity contribution < 1.29 is 0 Å². The van der Waals surface area contributed by atoms with Crippen molar-refractivity contribution in [1.29, 1.82) is 0 Å². The molecule has 1 atom stereocenters. The van der Waals surface area contributed by atoms with E-state index in [0.717, 1.165) is 36.8 Å². The summed E-state index contributed by atoms with van der Waals surface area (Å²) in [6.45, 7) is 17.1. The lowest BCUT2D eigenvalue weighted by atomic mass is 10.1. The number of hydrogen-bond donors (Lipinski definition) is 0. The predicted octanol–water partition coefficient (Wildman–Crippen LogP) is 6.59. The first-order chi connectivity index (χ1) is 12.9. The van der Waals surface area contributed by atoms with Gasteiger partial charge in [-0.1, -0.05) is 62.4 Å². The molecular formula is C25H34N2. The first-order valence-corrected chi connectivity index (χ1v) is 10.0. The van der Waals surface area contributed by atoms with Crippen LogP contribution in [0, 0.1) is 19.8 Å². The molecule has 2 aromatic rings. The van der Waals surface area contributed by atoms with Crippen molar-refractivity contribution in [3.63, 3.8) is 0 Å². The van der Waals surface area contributed by atoms with Gasteiger partial charge in [-0.25, -0.2) is 0 Å². The average Bonchev–Trinajstić information content (AvgIpc) is 3.10. The lowest BCUT2D eigenvalue weighted by Crippen LogP contribution is -2.17. The third-order valence-electron chi connectivity index (χ3n) is 5.11. The van der Waals surface area contributed by atoms with E-state index >= 15 is 0 Å². The van der Waals surface area contributed by atoms with Crippen LogP contribution in [0.25, 0.3) is 5.70 Å². The van der Waals surface area contributed by atoms with Crippen molar-refractivity contribution in [2.24, 2.45) is 10.9 Å². The van der Waals surface area contributed by atoms with Crippen LogP contribution < -0.4 is 0 Å². The highest BCUT2D eigenvalue weighted by Crippen LogP contribution is 2.29. The molecule has 27 heavy (non-hydrogen) atoms. The predicted molar refractivity (Wildman–Crippen MR) is 120 cm³/mol. The van der Waals surface area contributed by atoms with Gasteiger partial charge in [0, 0.05) is 25.0 Å². The van der Waals surface area contributed by atoms with Crippen molar-refractivity contribution in [2.75, 3.05) is 13.1 Å². The third kappa shape index (κ3) is 6.09. The molecule has 0 saturated carbocycles. The van der Waals surface area contributed by atoms with Crippen molar-refractivity contribution in [3.8, 4) is 0 Å². The molecule has 1 heterocycles. The van der Waals surface area contributed by atoms with E-state index in [-0.39, 0.29) is 0 Å². The van der Waals surface area contributed by atoms with Crippen LogP contribution in [0.15, 0.2) is 54.0 Å².